The molecule has 1 aliphatic heterocycles. The fourth-order valence-electron chi connectivity index (χ4n) is 2.24. The summed E-state index contributed by atoms with van der Waals surface area (Å²) in [4.78, 5) is 12.3. The van der Waals surface area contributed by atoms with E-state index in [1.807, 2.05) is 6.07 Å². The first-order valence-corrected chi connectivity index (χ1v) is 6.52. The van der Waals surface area contributed by atoms with E-state index in [0.717, 1.165) is 24.4 Å². The van der Waals surface area contributed by atoms with Gasteiger partial charge in [0.25, 0.3) is 5.91 Å². The van der Waals surface area contributed by atoms with Gasteiger partial charge in [-0.1, -0.05) is 6.07 Å². The highest BCUT2D eigenvalue weighted by molar-refractivity contribution is 6.10. The molecule has 2 aromatic carbocycles. The number of benzene rings is 2. The summed E-state index contributed by atoms with van der Waals surface area (Å²) in [6.45, 7) is 1.47. The second kappa shape index (κ2) is 5.40. The first-order chi connectivity index (χ1) is 10.1. The molecule has 3 rings (SSSR count). The number of fused-ring (bicyclic) bond motifs is 1. The molecule has 21 heavy (non-hydrogen) atoms. The molecule has 0 fully saturated rings. The number of rotatable bonds is 2. The lowest BCUT2D eigenvalue weighted by molar-refractivity contribution is 0.102. The Hall–Kier alpha value is -2.63. The van der Waals surface area contributed by atoms with Crippen LogP contribution in [0.25, 0.3) is 0 Å². The van der Waals surface area contributed by atoms with Crippen molar-refractivity contribution in [2.75, 3.05) is 29.0 Å². The molecule has 0 saturated heterocycles. The second-order valence-electron chi connectivity index (χ2n) is 4.66. The van der Waals surface area contributed by atoms with Gasteiger partial charge >= 0.3 is 0 Å². The van der Waals surface area contributed by atoms with Crippen LogP contribution in [0.1, 0.15) is 10.4 Å². The summed E-state index contributed by atoms with van der Waals surface area (Å²) in [6, 6.07) is 8.28. The van der Waals surface area contributed by atoms with Gasteiger partial charge in [-0.15, -0.1) is 0 Å². The van der Waals surface area contributed by atoms with Gasteiger partial charge in [-0.3, -0.25) is 4.79 Å². The molecule has 4 nitrogen and oxygen atoms in total. The first kappa shape index (κ1) is 13.4. The summed E-state index contributed by atoms with van der Waals surface area (Å²) in [5.74, 6) is -1.94. The van der Waals surface area contributed by atoms with Crippen LogP contribution in [0.4, 0.5) is 25.8 Å². The molecule has 108 valence electrons. The van der Waals surface area contributed by atoms with E-state index in [1.54, 1.807) is 12.1 Å². The molecule has 1 amide bonds. The lowest BCUT2D eigenvalue weighted by Crippen LogP contribution is -2.24. The molecule has 3 N–H and O–H groups in total. The van der Waals surface area contributed by atoms with Crippen LogP contribution < -0.4 is 16.0 Å². The maximum Gasteiger partial charge on any atom is 0.257 e. The Morgan fingerprint density at radius 2 is 1.90 bits per heavy atom. The van der Waals surface area contributed by atoms with Crippen LogP contribution >= 0.6 is 0 Å². The number of hydrogen-bond acceptors (Lipinski definition) is 3. The van der Waals surface area contributed by atoms with Crippen LogP contribution in [0.3, 0.4) is 0 Å². The number of carbonyl (C=O) groups is 1. The highest BCUT2D eigenvalue weighted by atomic mass is 19.1. The predicted octanol–water partition coefficient (Wildman–Crippen LogP) is 3.05. The molecule has 0 aliphatic carbocycles. The van der Waals surface area contributed by atoms with Crippen LogP contribution in [-0.4, -0.2) is 19.0 Å². The third kappa shape index (κ3) is 2.65. The number of amides is 1. The third-order valence-electron chi connectivity index (χ3n) is 3.23. The average molecular weight is 289 g/mol. The van der Waals surface area contributed by atoms with Crippen molar-refractivity contribution in [2.45, 2.75) is 0 Å². The van der Waals surface area contributed by atoms with Gasteiger partial charge in [0.1, 0.15) is 11.6 Å². The highest BCUT2D eigenvalue weighted by Gasteiger charge is 2.18. The van der Waals surface area contributed by atoms with Gasteiger partial charge in [0, 0.05) is 19.2 Å². The number of hydrogen-bond donors (Lipinski definition) is 3. The molecular formula is C15H13F2N3O. The fourth-order valence-corrected chi connectivity index (χ4v) is 2.24. The van der Waals surface area contributed by atoms with Crippen molar-refractivity contribution >= 4 is 23.0 Å². The van der Waals surface area contributed by atoms with Gasteiger partial charge in [0.05, 0.1) is 22.6 Å². The molecule has 0 aromatic heterocycles. The van der Waals surface area contributed by atoms with Gasteiger partial charge in [-0.25, -0.2) is 8.78 Å². The number of halogens is 2. The van der Waals surface area contributed by atoms with E-state index in [0.29, 0.717) is 17.8 Å². The van der Waals surface area contributed by atoms with E-state index in [-0.39, 0.29) is 5.69 Å². The molecule has 0 bridgehead atoms. The molecular weight excluding hydrogens is 276 g/mol. The third-order valence-corrected chi connectivity index (χ3v) is 3.23. The first-order valence-electron chi connectivity index (χ1n) is 6.52. The van der Waals surface area contributed by atoms with E-state index in [9.17, 15) is 13.6 Å². The van der Waals surface area contributed by atoms with Crippen LogP contribution in [0.15, 0.2) is 36.4 Å². The van der Waals surface area contributed by atoms with Crippen LogP contribution in [0, 0.1) is 11.6 Å². The monoisotopic (exact) mass is 289 g/mol. The molecule has 0 unspecified atom stereocenters. The van der Waals surface area contributed by atoms with Crippen molar-refractivity contribution in [3.63, 3.8) is 0 Å². The zero-order chi connectivity index (χ0) is 14.8. The van der Waals surface area contributed by atoms with Crippen molar-refractivity contribution in [3.8, 4) is 0 Å². The van der Waals surface area contributed by atoms with Crippen molar-refractivity contribution in [1.29, 1.82) is 0 Å². The summed E-state index contributed by atoms with van der Waals surface area (Å²) < 4.78 is 26.4. The van der Waals surface area contributed by atoms with E-state index in [2.05, 4.69) is 16.0 Å². The lowest BCUT2D eigenvalue weighted by atomic mass is 10.1. The number of para-hydroxylation sites is 1. The molecule has 0 spiro atoms. The SMILES string of the molecule is O=C(Nc1ccc(F)cc1F)c1cccc2c1NCCN2. The van der Waals surface area contributed by atoms with E-state index in [4.69, 9.17) is 0 Å². The minimum absolute atomic E-state index is 0.0530. The van der Waals surface area contributed by atoms with E-state index in [1.165, 1.54) is 6.07 Å². The summed E-state index contributed by atoms with van der Waals surface area (Å²) in [7, 11) is 0. The molecule has 6 heteroatoms. The number of nitrogens with one attached hydrogen (secondary N) is 3. The summed E-state index contributed by atoms with van der Waals surface area (Å²) in [5, 5.41) is 8.77. The quantitative estimate of drug-likeness (QED) is 0.796. The summed E-state index contributed by atoms with van der Waals surface area (Å²) in [5.41, 5.74) is 1.86. The predicted molar refractivity (Wildman–Crippen MR) is 77.7 cm³/mol. The van der Waals surface area contributed by atoms with Crippen LogP contribution in [0.5, 0.6) is 0 Å². The minimum Gasteiger partial charge on any atom is -0.382 e. The second-order valence-corrected chi connectivity index (χ2v) is 4.66. The zero-order valence-corrected chi connectivity index (χ0v) is 11.0. The Balaban J connectivity index is 1.89. The lowest BCUT2D eigenvalue weighted by Gasteiger charge is -2.22. The largest absolute Gasteiger partial charge is 0.382 e. The zero-order valence-electron chi connectivity index (χ0n) is 11.0. The Bertz CT molecular complexity index is 703. The molecule has 0 atom stereocenters. The highest BCUT2D eigenvalue weighted by Crippen LogP contribution is 2.29. The number of anilines is 3. The van der Waals surface area contributed by atoms with E-state index >= 15 is 0 Å². The van der Waals surface area contributed by atoms with Crippen molar-refractivity contribution < 1.29 is 13.6 Å². The van der Waals surface area contributed by atoms with Crippen LogP contribution in [0.2, 0.25) is 0 Å². The molecule has 1 aliphatic rings. The van der Waals surface area contributed by atoms with Crippen molar-refractivity contribution in [3.05, 3.63) is 53.6 Å². The van der Waals surface area contributed by atoms with Crippen molar-refractivity contribution in [2.24, 2.45) is 0 Å². The van der Waals surface area contributed by atoms with Gasteiger partial charge in [0.15, 0.2) is 0 Å². The molecule has 0 saturated carbocycles. The van der Waals surface area contributed by atoms with E-state index < -0.39 is 17.5 Å². The topological polar surface area (TPSA) is 53.2 Å². The molecule has 1 heterocycles. The Morgan fingerprint density at radius 1 is 1.10 bits per heavy atom. The maximum atomic E-state index is 13.6. The molecule has 0 radical (unpaired) electrons. The van der Waals surface area contributed by atoms with Gasteiger partial charge in [0.2, 0.25) is 0 Å². The normalized spacial score (nSPS) is 12.9. The smallest absolute Gasteiger partial charge is 0.257 e. The Kier molecular flexibility index (Phi) is 3.43. The maximum absolute atomic E-state index is 13.6. The Labute approximate surface area is 120 Å². The number of carbonyl (C=O) groups excluding carboxylic acids is 1. The van der Waals surface area contributed by atoms with Gasteiger partial charge in [-0.2, -0.15) is 0 Å². The summed E-state index contributed by atoms with van der Waals surface area (Å²) >= 11 is 0. The average Bonchev–Trinajstić information content (AvgIpc) is 2.49. The minimum atomic E-state index is -0.806. The molecule has 2 aromatic rings. The van der Waals surface area contributed by atoms with Crippen molar-refractivity contribution in [1.82, 2.24) is 0 Å². The Morgan fingerprint density at radius 3 is 2.71 bits per heavy atom. The van der Waals surface area contributed by atoms with Gasteiger partial charge in [-0.05, 0) is 24.3 Å². The standard InChI is InChI=1S/C15H13F2N3O/c16-9-4-5-12(11(17)8-9)20-15(21)10-2-1-3-13-14(10)19-7-6-18-13/h1-5,8,18-19H,6-7H2,(H,20,21). The fraction of sp³-hybridized carbons (Fsp3) is 0.133. The van der Waals surface area contributed by atoms with Gasteiger partial charge < -0.3 is 16.0 Å². The van der Waals surface area contributed by atoms with Crippen LogP contribution in [-0.2, 0) is 0 Å². The summed E-state index contributed by atoms with van der Waals surface area (Å²) in [6.07, 6.45) is 0.